The van der Waals surface area contributed by atoms with E-state index in [1.54, 1.807) is 13.8 Å². The number of nitrogens with one attached hydrogen (secondary N) is 2. The van der Waals surface area contributed by atoms with Crippen LogP contribution < -0.4 is 10.6 Å². The Kier molecular flexibility index (Phi) is 6.88. The van der Waals surface area contributed by atoms with E-state index in [0.717, 1.165) is 35.1 Å². The molecule has 0 saturated heterocycles. The number of rotatable bonds is 7. The molecule has 2 amide bonds. The first-order valence-corrected chi connectivity index (χ1v) is 12.4. The standard InChI is InChI=1S/C28H34N2O5/c1-4-27(3,24(31)29-28(25(32)33)15-9-10-18(2)16-28)30-26(34)35-17-23-21-13-7-5-11-19(21)20-12-6-8-14-22(20)23/h5-8,11-14,18,23H,4,9-10,15-17H2,1-3H3,(H,29,31)(H,30,34)(H,32,33). The van der Waals surface area contributed by atoms with Crippen molar-refractivity contribution in [3.8, 4) is 11.1 Å². The summed E-state index contributed by atoms with van der Waals surface area (Å²) >= 11 is 0. The summed E-state index contributed by atoms with van der Waals surface area (Å²) in [6.07, 6.45) is 2.01. The lowest BCUT2D eigenvalue weighted by molar-refractivity contribution is -0.151. The number of hydrogen-bond donors (Lipinski definition) is 3. The van der Waals surface area contributed by atoms with Crippen molar-refractivity contribution in [1.82, 2.24) is 10.6 Å². The predicted molar refractivity (Wildman–Crippen MR) is 133 cm³/mol. The Labute approximate surface area is 206 Å². The van der Waals surface area contributed by atoms with Gasteiger partial charge in [0.25, 0.3) is 0 Å². The fourth-order valence-electron chi connectivity index (χ4n) is 5.43. The molecule has 3 N–H and O–H groups in total. The maximum atomic E-state index is 13.3. The van der Waals surface area contributed by atoms with Gasteiger partial charge in [-0.05, 0) is 54.4 Å². The van der Waals surface area contributed by atoms with Crippen molar-refractivity contribution in [2.75, 3.05) is 6.61 Å². The molecule has 35 heavy (non-hydrogen) atoms. The second-order valence-electron chi connectivity index (χ2n) is 10.2. The summed E-state index contributed by atoms with van der Waals surface area (Å²) in [6, 6.07) is 16.2. The molecular formula is C28H34N2O5. The molecule has 7 nitrogen and oxygen atoms in total. The molecule has 7 heteroatoms. The molecular weight excluding hydrogens is 444 g/mol. The normalized spacial score (nSPS) is 22.9. The molecule has 1 fully saturated rings. The van der Waals surface area contributed by atoms with Crippen LogP contribution in [0.2, 0.25) is 0 Å². The zero-order valence-electron chi connectivity index (χ0n) is 20.6. The molecule has 2 aliphatic rings. The van der Waals surface area contributed by atoms with Gasteiger partial charge in [0.15, 0.2) is 0 Å². The topological polar surface area (TPSA) is 105 Å². The number of hydrogen-bond acceptors (Lipinski definition) is 4. The molecule has 3 unspecified atom stereocenters. The van der Waals surface area contributed by atoms with Crippen LogP contribution in [-0.4, -0.2) is 40.8 Å². The van der Waals surface area contributed by atoms with Crippen LogP contribution in [0.4, 0.5) is 4.79 Å². The van der Waals surface area contributed by atoms with Gasteiger partial charge < -0.3 is 20.5 Å². The lowest BCUT2D eigenvalue weighted by atomic mass is 9.76. The van der Waals surface area contributed by atoms with E-state index < -0.39 is 29.0 Å². The summed E-state index contributed by atoms with van der Waals surface area (Å²) in [5.41, 5.74) is 1.87. The summed E-state index contributed by atoms with van der Waals surface area (Å²) in [6.45, 7) is 5.51. The van der Waals surface area contributed by atoms with Crippen LogP contribution in [0.5, 0.6) is 0 Å². The smallest absolute Gasteiger partial charge is 0.408 e. The zero-order chi connectivity index (χ0) is 25.2. The van der Waals surface area contributed by atoms with E-state index in [1.165, 1.54) is 0 Å². The van der Waals surface area contributed by atoms with Crippen molar-refractivity contribution in [1.29, 1.82) is 0 Å². The minimum Gasteiger partial charge on any atom is -0.480 e. The molecule has 2 aliphatic carbocycles. The quantitative estimate of drug-likeness (QED) is 0.528. The fraction of sp³-hybridized carbons (Fsp3) is 0.464. The summed E-state index contributed by atoms with van der Waals surface area (Å²) in [5.74, 6) is -1.43. The summed E-state index contributed by atoms with van der Waals surface area (Å²) in [7, 11) is 0. The fourth-order valence-corrected chi connectivity index (χ4v) is 5.43. The van der Waals surface area contributed by atoms with Gasteiger partial charge in [0.05, 0.1) is 0 Å². The first-order chi connectivity index (χ1) is 16.7. The van der Waals surface area contributed by atoms with E-state index >= 15 is 0 Å². The van der Waals surface area contributed by atoms with Crippen molar-refractivity contribution in [3.05, 3.63) is 59.7 Å². The Morgan fingerprint density at radius 2 is 1.69 bits per heavy atom. The van der Waals surface area contributed by atoms with Gasteiger partial charge >= 0.3 is 12.1 Å². The Morgan fingerprint density at radius 3 is 2.23 bits per heavy atom. The third-order valence-corrected chi connectivity index (χ3v) is 7.69. The predicted octanol–water partition coefficient (Wildman–Crippen LogP) is 4.84. The van der Waals surface area contributed by atoms with E-state index in [0.29, 0.717) is 12.8 Å². The molecule has 3 atom stereocenters. The van der Waals surface area contributed by atoms with Crippen molar-refractivity contribution >= 4 is 18.0 Å². The molecule has 0 aromatic heterocycles. The third kappa shape index (κ3) is 4.77. The second kappa shape index (κ2) is 9.72. The van der Waals surface area contributed by atoms with Crippen LogP contribution >= 0.6 is 0 Å². The average molecular weight is 479 g/mol. The Morgan fingerprint density at radius 1 is 1.09 bits per heavy atom. The van der Waals surface area contributed by atoms with E-state index in [-0.39, 0.29) is 24.9 Å². The SMILES string of the molecule is CCC(C)(NC(=O)OCC1c2ccccc2-c2ccccc21)C(=O)NC1(C(=O)O)CCCC(C)C1. The number of ether oxygens (including phenoxy) is 1. The maximum Gasteiger partial charge on any atom is 0.408 e. The number of alkyl carbamates (subject to hydrolysis) is 1. The first kappa shape index (κ1) is 24.8. The van der Waals surface area contributed by atoms with Crippen LogP contribution in [0.25, 0.3) is 11.1 Å². The van der Waals surface area contributed by atoms with Crippen molar-refractivity contribution in [2.24, 2.45) is 5.92 Å². The molecule has 0 bridgehead atoms. The number of amides is 2. The van der Waals surface area contributed by atoms with Crippen LogP contribution in [0.15, 0.2) is 48.5 Å². The van der Waals surface area contributed by atoms with Crippen molar-refractivity contribution < 1.29 is 24.2 Å². The van der Waals surface area contributed by atoms with E-state index in [4.69, 9.17) is 4.74 Å². The van der Waals surface area contributed by atoms with E-state index in [9.17, 15) is 19.5 Å². The van der Waals surface area contributed by atoms with Crippen LogP contribution in [-0.2, 0) is 14.3 Å². The Balaban J connectivity index is 1.44. The largest absolute Gasteiger partial charge is 0.480 e. The van der Waals surface area contributed by atoms with Gasteiger partial charge in [-0.25, -0.2) is 9.59 Å². The number of carbonyl (C=O) groups is 3. The minimum atomic E-state index is -1.31. The highest BCUT2D eigenvalue weighted by molar-refractivity contribution is 5.94. The summed E-state index contributed by atoms with van der Waals surface area (Å²) in [4.78, 5) is 38.2. The molecule has 0 spiro atoms. The zero-order valence-corrected chi connectivity index (χ0v) is 20.6. The number of fused-ring (bicyclic) bond motifs is 3. The van der Waals surface area contributed by atoms with Crippen LogP contribution in [0.3, 0.4) is 0 Å². The molecule has 186 valence electrons. The van der Waals surface area contributed by atoms with Gasteiger partial charge in [-0.2, -0.15) is 0 Å². The Bertz CT molecular complexity index is 1090. The molecule has 1 saturated carbocycles. The second-order valence-corrected chi connectivity index (χ2v) is 10.2. The molecule has 2 aromatic carbocycles. The Hall–Kier alpha value is -3.35. The van der Waals surface area contributed by atoms with Crippen molar-refractivity contribution in [3.63, 3.8) is 0 Å². The lowest BCUT2D eigenvalue weighted by Gasteiger charge is -2.39. The van der Waals surface area contributed by atoms with Crippen LogP contribution in [0.1, 0.15) is 69.9 Å². The minimum absolute atomic E-state index is 0.0890. The number of carbonyl (C=O) groups excluding carboxylic acids is 2. The summed E-state index contributed by atoms with van der Waals surface area (Å²) in [5, 5.41) is 15.4. The highest BCUT2D eigenvalue weighted by Gasteiger charge is 2.46. The van der Waals surface area contributed by atoms with Gasteiger partial charge in [0.2, 0.25) is 5.91 Å². The van der Waals surface area contributed by atoms with Gasteiger partial charge in [-0.3, -0.25) is 4.79 Å². The van der Waals surface area contributed by atoms with Gasteiger partial charge in [0.1, 0.15) is 17.7 Å². The van der Waals surface area contributed by atoms with Crippen molar-refractivity contribution in [2.45, 2.75) is 69.9 Å². The number of benzene rings is 2. The molecule has 2 aromatic rings. The molecule has 0 heterocycles. The van der Waals surface area contributed by atoms with E-state index in [2.05, 4.69) is 22.8 Å². The average Bonchev–Trinajstić information content (AvgIpc) is 3.16. The monoisotopic (exact) mass is 478 g/mol. The number of carboxylic acid groups (broad SMARTS) is 1. The molecule has 4 rings (SSSR count). The first-order valence-electron chi connectivity index (χ1n) is 12.4. The van der Waals surface area contributed by atoms with E-state index in [1.807, 2.05) is 43.3 Å². The van der Waals surface area contributed by atoms with Crippen LogP contribution in [0, 0.1) is 5.92 Å². The van der Waals surface area contributed by atoms with Gasteiger partial charge in [-0.15, -0.1) is 0 Å². The van der Waals surface area contributed by atoms with Gasteiger partial charge in [0, 0.05) is 5.92 Å². The molecule has 0 aliphatic heterocycles. The lowest BCUT2D eigenvalue weighted by Crippen LogP contribution is -2.65. The highest BCUT2D eigenvalue weighted by Crippen LogP contribution is 2.44. The molecule has 0 radical (unpaired) electrons. The third-order valence-electron chi connectivity index (χ3n) is 7.69. The maximum absolute atomic E-state index is 13.3. The number of aliphatic carboxylic acids is 1. The highest BCUT2D eigenvalue weighted by atomic mass is 16.5. The number of carboxylic acids is 1. The van der Waals surface area contributed by atoms with Gasteiger partial charge in [-0.1, -0.05) is 75.2 Å². The summed E-state index contributed by atoms with van der Waals surface area (Å²) < 4.78 is 5.62.